The number of ether oxygens (including phenoxy) is 1. The van der Waals surface area contributed by atoms with Crippen LogP contribution in [-0.2, 0) is 19.6 Å². The number of nitro groups is 1. The first kappa shape index (κ1) is 24.0. The van der Waals surface area contributed by atoms with Crippen molar-refractivity contribution in [2.24, 2.45) is 5.14 Å². The van der Waals surface area contributed by atoms with E-state index in [-0.39, 0.29) is 22.9 Å². The van der Waals surface area contributed by atoms with E-state index in [2.05, 4.69) is 5.32 Å². The summed E-state index contributed by atoms with van der Waals surface area (Å²) in [6.07, 6.45) is 0.119. The summed E-state index contributed by atoms with van der Waals surface area (Å²) in [6, 6.07) is 12.6. The number of primary sulfonamides is 1. The molecule has 0 radical (unpaired) electrons. The lowest BCUT2D eigenvalue weighted by atomic mass is 10.1. The number of rotatable bonds is 9. The maximum atomic E-state index is 12.8. The van der Waals surface area contributed by atoms with Crippen molar-refractivity contribution in [3.8, 4) is 0 Å². The Kier molecular flexibility index (Phi) is 8.07. The van der Waals surface area contributed by atoms with Gasteiger partial charge in [-0.15, -0.1) is 11.8 Å². The number of sulfonamides is 1. The third-order valence-corrected chi connectivity index (χ3v) is 6.92. The van der Waals surface area contributed by atoms with E-state index in [4.69, 9.17) is 9.88 Å². The fraction of sp³-hybridized carbons (Fsp3) is 0.350. The molecule has 1 atom stereocenters. The molecule has 32 heavy (non-hydrogen) atoms. The van der Waals surface area contributed by atoms with Gasteiger partial charge >= 0.3 is 0 Å². The lowest BCUT2D eigenvalue weighted by Crippen LogP contribution is -2.43. The fourth-order valence-corrected chi connectivity index (χ4v) is 4.68. The quantitative estimate of drug-likeness (QED) is 0.315. The molecule has 0 bridgehead atoms. The molecule has 1 fully saturated rings. The molecule has 172 valence electrons. The van der Waals surface area contributed by atoms with Crippen molar-refractivity contribution in [2.45, 2.75) is 22.3 Å². The third kappa shape index (κ3) is 6.66. The summed E-state index contributed by atoms with van der Waals surface area (Å²) in [6.45, 7) is 1.95. The predicted molar refractivity (Wildman–Crippen MR) is 121 cm³/mol. The van der Waals surface area contributed by atoms with Crippen molar-refractivity contribution < 1.29 is 22.9 Å². The van der Waals surface area contributed by atoms with Crippen LogP contribution in [0.2, 0.25) is 0 Å². The number of carbonyl (C=O) groups is 1. The Morgan fingerprint density at radius 2 is 1.91 bits per heavy atom. The molecule has 2 aromatic rings. The zero-order chi connectivity index (χ0) is 23.1. The predicted octanol–water partition coefficient (Wildman–Crippen LogP) is 2.06. The highest BCUT2D eigenvalue weighted by molar-refractivity contribution is 7.99. The Morgan fingerprint density at radius 3 is 2.53 bits per heavy atom. The summed E-state index contributed by atoms with van der Waals surface area (Å²) >= 11 is 1.51. The van der Waals surface area contributed by atoms with Crippen LogP contribution in [0.5, 0.6) is 0 Å². The van der Waals surface area contributed by atoms with Gasteiger partial charge in [-0.1, -0.05) is 18.2 Å². The van der Waals surface area contributed by atoms with Crippen LogP contribution in [0.4, 0.5) is 11.4 Å². The molecule has 3 rings (SSSR count). The molecule has 3 N–H and O–H groups in total. The molecule has 10 nitrogen and oxygen atoms in total. The molecule has 0 spiro atoms. The van der Waals surface area contributed by atoms with E-state index >= 15 is 0 Å². The molecular weight excluding hydrogens is 456 g/mol. The molecule has 2 aromatic carbocycles. The number of amides is 1. The average Bonchev–Trinajstić information content (AvgIpc) is 2.78. The number of nitro benzene ring substituents is 1. The molecule has 0 aromatic heterocycles. The van der Waals surface area contributed by atoms with E-state index in [1.165, 1.54) is 23.9 Å². The van der Waals surface area contributed by atoms with Gasteiger partial charge in [-0.25, -0.2) is 13.6 Å². The molecule has 1 amide bonds. The maximum Gasteiger partial charge on any atom is 0.293 e. The number of nitrogens with two attached hydrogens (primary N) is 1. The van der Waals surface area contributed by atoms with Gasteiger partial charge < -0.3 is 15.0 Å². The van der Waals surface area contributed by atoms with Crippen LogP contribution < -0.4 is 10.5 Å². The second kappa shape index (κ2) is 10.8. The molecule has 0 aliphatic carbocycles. The first-order valence-corrected chi connectivity index (χ1v) is 12.4. The summed E-state index contributed by atoms with van der Waals surface area (Å²) in [4.78, 5) is 26.1. The van der Waals surface area contributed by atoms with Crippen molar-refractivity contribution in [3.63, 3.8) is 0 Å². The Balaban J connectivity index is 1.81. The van der Waals surface area contributed by atoms with Crippen molar-refractivity contribution in [2.75, 3.05) is 37.4 Å². The number of hydrogen-bond donors (Lipinski definition) is 2. The molecule has 1 aliphatic rings. The highest BCUT2D eigenvalue weighted by Gasteiger charge is 2.25. The zero-order valence-corrected chi connectivity index (χ0v) is 18.8. The smallest absolute Gasteiger partial charge is 0.293 e. The lowest BCUT2D eigenvalue weighted by molar-refractivity contribution is -0.384. The van der Waals surface area contributed by atoms with Gasteiger partial charge in [-0.3, -0.25) is 14.9 Å². The Hall–Kier alpha value is -2.67. The van der Waals surface area contributed by atoms with Crippen molar-refractivity contribution in [1.82, 2.24) is 4.90 Å². The lowest BCUT2D eigenvalue weighted by Gasteiger charge is -2.29. The van der Waals surface area contributed by atoms with Gasteiger partial charge in [0.25, 0.3) is 5.69 Å². The van der Waals surface area contributed by atoms with Crippen molar-refractivity contribution >= 4 is 39.1 Å². The van der Waals surface area contributed by atoms with Crippen molar-refractivity contribution in [1.29, 1.82) is 0 Å². The zero-order valence-electron chi connectivity index (χ0n) is 17.2. The summed E-state index contributed by atoms with van der Waals surface area (Å²) in [5, 5.41) is 19.7. The largest absolute Gasteiger partial charge is 0.378 e. The average molecular weight is 481 g/mol. The van der Waals surface area contributed by atoms with Crippen LogP contribution in [0.15, 0.2) is 58.3 Å². The topological polar surface area (TPSA) is 145 Å². The number of benzene rings is 2. The van der Waals surface area contributed by atoms with Crippen LogP contribution in [0.25, 0.3) is 0 Å². The fourth-order valence-electron chi connectivity index (χ4n) is 3.20. The number of anilines is 1. The van der Waals surface area contributed by atoms with Crippen LogP contribution in [0, 0.1) is 10.1 Å². The standard InChI is InChI=1S/C20H24N4O6S2/c21-32(28,29)17-6-7-18(19(13-17)24(26)27)22-15(14-31-16-4-2-1-3-5-16)12-20(25)23-8-10-30-11-9-23/h1-7,13,15,22H,8-12,14H2,(H2,21,28,29)/t15-/m0/s1. The first-order chi connectivity index (χ1) is 15.2. The summed E-state index contributed by atoms with van der Waals surface area (Å²) in [5.41, 5.74) is -0.305. The first-order valence-electron chi connectivity index (χ1n) is 9.85. The number of nitrogens with zero attached hydrogens (tertiary/aromatic N) is 2. The van der Waals surface area contributed by atoms with E-state index < -0.39 is 26.7 Å². The van der Waals surface area contributed by atoms with E-state index in [1.807, 2.05) is 30.3 Å². The number of thioether (sulfide) groups is 1. The van der Waals surface area contributed by atoms with Gasteiger partial charge in [0.1, 0.15) is 5.69 Å². The Labute approximate surface area is 190 Å². The molecule has 12 heteroatoms. The van der Waals surface area contributed by atoms with E-state index in [0.29, 0.717) is 32.1 Å². The normalized spacial score (nSPS) is 15.2. The van der Waals surface area contributed by atoms with E-state index in [9.17, 15) is 23.3 Å². The minimum absolute atomic E-state index is 0.0803. The number of hydrogen-bond acceptors (Lipinski definition) is 8. The molecule has 1 saturated heterocycles. The second-order valence-corrected chi connectivity index (χ2v) is 9.80. The molecule has 1 heterocycles. The minimum atomic E-state index is -4.09. The minimum Gasteiger partial charge on any atom is -0.378 e. The maximum absolute atomic E-state index is 12.8. The number of nitrogens with one attached hydrogen (secondary N) is 1. The second-order valence-electron chi connectivity index (χ2n) is 7.14. The summed E-state index contributed by atoms with van der Waals surface area (Å²) < 4.78 is 28.5. The molecule has 0 unspecified atom stereocenters. The van der Waals surface area contributed by atoms with Gasteiger partial charge in [-0.2, -0.15) is 0 Å². The number of morpholine rings is 1. The van der Waals surface area contributed by atoms with Gasteiger partial charge in [0, 0.05) is 42.3 Å². The molecular formula is C20H24N4O6S2. The summed E-state index contributed by atoms with van der Waals surface area (Å²) in [7, 11) is -4.09. The van der Waals surface area contributed by atoms with E-state index in [0.717, 1.165) is 11.0 Å². The van der Waals surface area contributed by atoms with Gasteiger partial charge in [0.15, 0.2) is 0 Å². The van der Waals surface area contributed by atoms with E-state index in [1.54, 1.807) is 4.90 Å². The molecule has 0 saturated carbocycles. The van der Waals surface area contributed by atoms with Gasteiger partial charge in [-0.05, 0) is 24.3 Å². The van der Waals surface area contributed by atoms with Crippen LogP contribution in [-0.4, -0.2) is 62.2 Å². The Bertz CT molecular complexity index is 1060. The number of carbonyl (C=O) groups excluding carboxylic acids is 1. The Morgan fingerprint density at radius 1 is 1.22 bits per heavy atom. The highest BCUT2D eigenvalue weighted by Crippen LogP contribution is 2.29. The van der Waals surface area contributed by atoms with Crippen LogP contribution in [0.1, 0.15) is 6.42 Å². The molecule has 1 aliphatic heterocycles. The van der Waals surface area contributed by atoms with Crippen LogP contribution >= 0.6 is 11.8 Å². The highest BCUT2D eigenvalue weighted by atomic mass is 32.2. The van der Waals surface area contributed by atoms with Gasteiger partial charge in [0.2, 0.25) is 15.9 Å². The van der Waals surface area contributed by atoms with Gasteiger partial charge in [0.05, 0.1) is 23.0 Å². The SMILES string of the molecule is NS(=O)(=O)c1ccc(N[C@H](CSc2ccccc2)CC(=O)N2CCOCC2)c([N+](=O)[O-])c1. The van der Waals surface area contributed by atoms with Crippen LogP contribution in [0.3, 0.4) is 0 Å². The monoisotopic (exact) mass is 480 g/mol. The third-order valence-electron chi connectivity index (χ3n) is 4.83. The van der Waals surface area contributed by atoms with Crippen molar-refractivity contribution in [3.05, 3.63) is 58.6 Å². The summed E-state index contributed by atoms with van der Waals surface area (Å²) in [5.74, 6) is 0.386.